The summed E-state index contributed by atoms with van der Waals surface area (Å²) in [6.45, 7) is 4.76. The number of aromatic nitrogens is 2. The molecule has 1 spiro atoms. The van der Waals surface area contributed by atoms with Gasteiger partial charge in [-0.3, -0.25) is 0 Å². The van der Waals surface area contributed by atoms with Crippen LogP contribution in [0, 0.1) is 0 Å². The van der Waals surface area contributed by atoms with E-state index in [1.165, 1.54) is 48.7 Å². The summed E-state index contributed by atoms with van der Waals surface area (Å²) in [6, 6.07) is 65.9. The lowest BCUT2D eigenvalue weighted by molar-refractivity contribution is 0.549. The van der Waals surface area contributed by atoms with E-state index in [0.717, 1.165) is 33.6 Å². The van der Waals surface area contributed by atoms with Crippen LogP contribution in [-0.4, -0.2) is 9.97 Å². The van der Waals surface area contributed by atoms with Crippen LogP contribution in [0.15, 0.2) is 192 Å². The van der Waals surface area contributed by atoms with Crippen LogP contribution < -0.4 is 0 Å². The van der Waals surface area contributed by atoms with Crippen molar-refractivity contribution >= 4 is 11.8 Å². The second kappa shape index (κ2) is 12.3. The zero-order valence-corrected chi connectivity index (χ0v) is 30.4. The Labute approximate surface area is 315 Å². The Hall–Kier alpha value is -6.03. The molecule has 53 heavy (non-hydrogen) atoms. The number of hydrogen-bond donors (Lipinski definition) is 0. The molecule has 0 saturated heterocycles. The molecule has 0 fully saturated rings. The van der Waals surface area contributed by atoms with E-state index in [-0.39, 0.29) is 5.41 Å². The third-order valence-electron chi connectivity index (χ3n) is 11.2. The maximum atomic E-state index is 5.28. The van der Waals surface area contributed by atoms with E-state index >= 15 is 0 Å². The molecule has 0 unspecified atom stereocenters. The van der Waals surface area contributed by atoms with Crippen LogP contribution in [0.5, 0.6) is 0 Å². The molecule has 8 aromatic rings. The Morgan fingerprint density at radius 3 is 1.51 bits per heavy atom. The first kappa shape index (κ1) is 31.7. The Morgan fingerprint density at radius 2 is 0.849 bits per heavy atom. The fraction of sp³-hybridized carbons (Fsp3) is 0.0800. The normalized spacial score (nSPS) is 14.5. The maximum absolute atomic E-state index is 5.28. The van der Waals surface area contributed by atoms with Crippen molar-refractivity contribution in [1.29, 1.82) is 0 Å². The first-order valence-corrected chi connectivity index (χ1v) is 19.1. The van der Waals surface area contributed by atoms with Crippen molar-refractivity contribution in [3.63, 3.8) is 0 Å². The van der Waals surface area contributed by atoms with Crippen LogP contribution >= 0.6 is 11.8 Å². The summed E-state index contributed by atoms with van der Waals surface area (Å²) in [7, 11) is 0. The molecule has 0 atom stereocenters. The van der Waals surface area contributed by atoms with Gasteiger partial charge in [0.05, 0.1) is 16.8 Å². The van der Waals surface area contributed by atoms with Crippen LogP contribution in [0.3, 0.4) is 0 Å². The van der Waals surface area contributed by atoms with E-state index in [1.807, 2.05) is 17.8 Å². The average molecular weight is 697 g/mol. The van der Waals surface area contributed by atoms with Gasteiger partial charge in [0, 0.05) is 31.9 Å². The van der Waals surface area contributed by atoms with Gasteiger partial charge in [-0.2, -0.15) is 0 Å². The highest BCUT2D eigenvalue weighted by Crippen LogP contribution is 2.61. The summed E-state index contributed by atoms with van der Waals surface area (Å²) < 4.78 is 0. The summed E-state index contributed by atoms with van der Waals surface area (Å²) >= 11 is 1.88. The zero-order chi connectivity index (χ0) is 35.6. The quantitative estimate of drug-likeness (QED) is 0.183. The lowest BCUT2D eigenvalue weighted by Crippen LogP contribution is -2.43. The van der Waals surface area contributed by atoms with E-state index < -0.39 is 5.41 Å². The number of fused-ring (bicyclic) bond motifs is 8. The monoisotopic (exact) mass is 696 g/mol. The number of nitrogens with zero attached hydrogens (tertiary/aromatic N) is 2. The van der Waals surface area contributed by atoms with Crippen molar-refractivity contribution in [2.75, 3.05) is 0 Å². The van der Waals surface area contributed by atoms with Crippen LogP contribution in [-0.2, 0) is 10.8 Å². The van der Waals surface area contributed by atoms with Crippen molar-refractivity contribution in [2.24, 2.45) is 0 Å². The average Bonchev–Trinajstić information content (AvgIpc) is 3.23. The second-order valence-electron chi connectivity index (χ2n) is 14.6. The minimum Gasteiger partial charge on any atom is -0.228 e. The van der Waals surface area contributed by atoms with E-state index in [9.17, 15) is 0 Å². The fourth-order valence-corrected chi connectivity index (χ4v) is 9.91. The Kier molecular flexibility index (Phi) is 7.35. The van der Waals surface area contributed by atoms with Gasteiger partial charge < -0.3 is 0 Å². The molecule has 2 heterocycles. The molecule has 10 rings (SSSR count). The van der Waals surface area contributed by atoms with Crippen molar-refractivity contribution in [2.45, 2.75) is 34.5 Å². The third-order valence-corrected chi connectivity index (χ3v) is 12.4. The van der Waals surface area contributed by atoms with Crippen molar-refractivity contribution in [3.8, 4) is 45.0 Å². The van der Waals surface area contributed by atoms with E-state index in [4.69, 9.17) is 9.97 Å². The predicted octanol–water partition coefficient (Wildman–Crippen LogP) is 12.6. The zero-order valence-electron chi connectivity index (χ0n) is 29.6. The van der Waals surface area contributed by atoms with Gasteiger partial charge in [0.1, 0.15) is 0 Å². The number of benzene rings is 7. The molecule has 1 aliphatic carbocycles. The molecular weight excluding hydrogens is 661 g/mol. The molecule has 0 bridgehead atoms. The Balaban J connectivity index is 1.22. The Bertz CT molecular complexity index is 2630. The molecular formula is C50H36N2S. The van der Waals surface area contributed by atoms with Gasteiger partial charge in [0.2, 0.25) is 0 Å². The predicted molar refractivity (Wildman–Crippen MR) is 218 cm³/mol. The highest BCUT2D eigenvalue weighted by molar-refractivity contribution is 7.99. The van der Waals surface area contributed by atoms with Gasteiger partial charge in [-0.1, -0.05) is 177 Å². The van der Waals surface area contributed by atoms with Crippen molar-refractivity contribution in [3.05, 3.63) is 215 Å². The molecule has 7 aromatic carbocycles. The minimum absolute atomic E-state index is 0.260. The largest absolute Gasteiger partial charge is 0.228 e. The summed E-state index contributed by atoms with van der Waals surface area (Å²) in [4.78, 5) is 13.1. The first-order chi connectivity index (χ1) is 26.0. The topological polar surface area (TPSA) is 25.8 Å². The smallest absolute Gasteiger partial charge is 0.160 e. The highest BCUT2D eigenvalue weighted by atomic mass is 32.2. The highest BCUT2D eigenvalue weighted by Gasteiger charge is 2.52. The molecule has 1 aliphatic heterocycles. The number of rotatable bonds is 4. The molecule has 0 amide bonds. The van der Waals surface area contributed by atoms with Crippen LogP contribution in [0.2, 0.25) is 0 Å². The van der Waals surface area contributed by atoms with Gasteiger partial charge in [0.15, 0.2) is 5.82 Å². The van der Waals surface area contributed by atoms with E-state index in [0.29, 0.717) is 5.82 Å². The van der Waals surface area contributed by atoms with Crippen LogP contribution in [0.1, 0.15) is 47.2 Å². The van der Waals surface area contributed by atoms with Gasteiger partial charge >= 0.3 is 0 Å². The van der Waals surface area contributed by atoms with Crippen LogP contribution in [0.25, 0.3) is 45.0 Å². The Morgan fingerprint density at radius 1 is 0.358 bits per heavy atom. The maximum Gasteiger partial charge on any atom is 0.160 e. The molecule has 252 valence electrons. The fourth-order valence-electron chi connectivity index (χ4n) is 8.72. The summed E-state index contributed by atoms with van der Waals surface area (Å²) in [6.07, 6.45) is 0. The van der Waals surface area contributed by atoms with Crippen molar-refractivity contribution in [1.82, 2.24) is 9.97 Å². The molecule has 0 saturated carbocycles. The standard InChI is InChI=1S/C50H36N2S/c1-49(2)38-22-9-10-23-39(38)50(41-24-11-13-26-46(41)53-47-27-14-12-25-42(47)50)40-29-28-37(31-43(40)49)45-32-44(51-48(52-45)34-18-7-4-8-19-34)36-21-15-20-35(30-36)33-16-5-3-6-17-33/h3-32H,1-2H3. The molecule has 2 nitrogen and oxygen atoms in total. The van der Waals surface area contributed by atoms with Crippen LogP contribution in [0.4, 0.5) is 0 Å². The number of hydrogen-bond acceptors (Lipinski definition) is 3. The summed E-state index contributed by atoms with van der Waals surface area (Å²) in [5.41, 5.74) is 14.6. The lowest BCUT2D eigenvalue weighted by Gasteiger charge is -2.50. The minimum atomic E-state index is -0.456. The van der Waals surface area contributed by atoms with Gasteiger partial charge in [-0.05, 0) is 74.8 Å². The second-order valence-corrected chi connectivity index (χ2v) is 15.6. The summed E-state index contributed by atoms with van der Waals surface area (Å²) in [5, 5.41) is 0. The third kappa shape index (κ3) is 4.95. The lowest BCUT2D eigenvalue weighted by atomic mass is 9.54. The van der Waals surface area contributed by atoms with Gasteiger partial charge in [-0.25, -0.2) is 9.97 Å². The van der Waals surface area contributed by atoms with Gasteiger partial charge in [-0.15, -0.1) is 0 Å². The first-order valence-electron chi connectivity index (χ1n) is 18.2. The molecule has 0 radical (unpaired) electrons. The van der Waals surface area contributed by atoms with E-state index in [2.05, 4.69) is 190 Å². The molecule has 3 heteroatoms. The molecule has 2 aliphatic rings. The van der Waals surface area contributed by atoms with Gasteiger partial charge in [0.25, 0.3) is 0 Å². The summed E-state index contributed by atoms with van der Waals surface area (Å²) in [5.74, 6) is 0.717. The molecule has 0 N–H and O–H groups in total. The molecule has 1 aromatic heterocycles. The van der Waals surface area contributed by atoms with Crippen molar-refractivity contribution < 1.29 is 0 Å². The van der Waals surface area contributed by atoms with E-state index in [1.54, 1.807) is 0 Å². The SMILES string of the molecule is CC1(C)c2ccccc2C2(c3ccccc3Sc3ccccc32)c2ccc(-c3cc(-c4cccc(-c5ccccc5)c4)nc(-c4ccccc4)n3)cc21.